The zero-order valence-corrected chi connectivity index (χ0v) is 13.5. The zero-order valence-electron chi connectivity index (χ0n) is 13.5. The van der Waals surface area contributed by atoms with Gasteiger partial charge < -0.3 is 14.6 Å². The number of furan rings is 1. The van der Waals surface area contributed by atoms with Crippen molar-refractivity contribution in [2.45, 2.75) is 38.6 Å². The van der Waals surface area contributed by atoms with Crippen molar-refractivity contribution in [3.05, 3.63) is 48.2 Å². The van der Waals surface area contributed by atoms with Crippen LogP contribution < -0.4 is 5.32 Å². The van der Waals surface area contributed by atoms with Crippen molar-refractivity contribution in [2.24, 2.45) is 0 Å². The molecule has 122 valence electrons. The fourth-order valence-electron chi connectivity index (χ4n) is 2.96. The molecule has 1 fully saturated rings. The molecule has 4 nitrogen and oxygen atoms in total. The van der Waals surface area contributed by atoms with Gasteiger partial charge in [-0.25, -0.2) is 4.79 Å². The van der Waals surface area contributed by atoms with Crippen molar-refractivity contribution < 1.29 is 9.21 Å². The topological polar surface area (TPSA) is 45.5 Å². The molecule has 2 heterocycles. The average molecular weight is 312 g/mol. The first-order valence-corrected chi connectivity index (χ1v) is 8.50. The first-order valence-electron chi connectivity index (χ1n) is 8.50. The summed E-state index contributed by atoms with van der Waals surface area (Å²) in [7, 11) is 0. The fraction of sp³-hybridized carbons (Fsp3) is 0.421. The van der Waals surface area contributed by atoms with E-state index >= 15 is 0 Å². The minimum Gasteiger partial charge on any atom is -0.459 e. The second-order valence-electron chi connectivity index (χ2n) is 6.05. The summed E-state index contributed by atoms with van der Waals surface area (Å²) in [5, 5.41) is 2.97. The van der Waals surface area contributed by atoms with E-state index in [0.29, 0.717) is 6.54 Å². The summed E-state index contributed by atoms with van der Waals surface area (Å²) in [6, 6.07) is 13.9. The Morgan fingerprint density at radius 2 is 1.65 bits per heavy atom. The van der Waals surface area contributed by atoms with Crippen LogP contribution in [0, 0.1) is 0 Å². The van der Waals surface area contributed by atoms with Crippen LogP contribution in [-0.2, 0) is 6.54 Å². The van der Waals surface area contributed by atoms with Gasteiger partial charge in [0.25, 0.3) is 0 Å². The molecule has 1 N–H and O–H groups in total. The molecule has 1 aromatic heterocycles. The Bertz CT molecular complexity index is 613. The molecule has 2 aromatic rings. The molecule has 4 heteroatoms. The van der Waals surface area contributed by atoms with E-state index in [4.69, 9.17) is 4.42 Å². The van der Waals surface area contributed by atoms with E-state index in [0.717, 1.165) is 43.0 Å². The van der Waals surface area contributed by atoms with E-state index in [9.17, 15) is 4.79 Å². The average Bonchev–Trinajstić information content (AvgIpc) is 3.02. The second kappa shape index (κ2) is 7.86. The minimum atomic E-state index is 0.0181. The van der Waals surface area contributed by atoms with E-state index in [1.165, 1.54) is 19.3 Å². The molecule has 0 aliphatic carbocycles. The lowest BCUT2D eigenvalue weighted by atomic mass is 10.1. The highest BCUT2D eigenvalue weighted by Gasteiger charge is 2.15. The van der Waals surface area contributed by atoms with Gasteiger partial charge in [-0.05, 0) is 25.0 Å². The molecule has 0 atom stereocenters. The summed E-state index contributed by atoms with van der Waals surface area (Å²) < 4.78 is 5.82. The molecule has 0 unspecified atom stereocenters. The van der Waals surface area contributed by atoms with Crippen LogP contribution in [0.25, 0.3) is 11.3 Å². The molecular formula is C19H24N2O2. The van der Waals surface area contributed by atoms with Gasteiger partial charge >= 0.3 is 6.03 Å². The first-order chi connectivity index (χ1) is 11.3. The van der Waals surface area contributed by atoms with Gasteiger partial charge in [0, 0.05) is 18.7 Å². The van der Waals surface area contributed by atoms with Crippen molar-refractivity contribution in [3.63, 3.8) is 0 Å². The third-order valence-electron chi connectivity index (χ3n) is 4.28. The van der Waals surface area contributed by atoms with E-state index in [1.54, 1.807) is 0 Å². The first kappa shape index (κ1) is 15.7. The van der Waals surface area contributed by atoms with Crippen LogP contribution in [0.2, 0.25) is 0 Å². The van der Waals surface area contributed by atoms with Crippen molar-refractivity contribution >= 4 is 6.03 Å². The SMILES string of the molecule is O=C(NCc1ccc(-c2ccccc2)o1)N1CCCCCCC1. The Hall–Kier alpha value is -2.23. The van der Waals surface area contributed by atoms with Crippen molar-refractivity contribution in [1.82, 2.24) is 10.2 Å². The van der Waals surface area contributed by atoms with E-state index in [1.807, 2.05) is 47.4 Å². The van der Waals surface area contributed by atoms with Crippen molar-refractivity contribution in [3.8, 4) is 11.3 Å². The number of likely N-dealkylation sites (tertiary alicyclic amines) is 1. The number of rotatable bonds is 3. The summed E-state index contributed by atoms with van der Waals surface area (Å²) in [6.07, 6.45) is 5.95. The normalized spacial score (nSPS) is 15.7. The minimum absolute atomic E-state index is 0.0181. The number of benzene rings is 1. The summed E-state index contributed by atoms with van der Waals surface area (Å²) in [4.78, 5) is 14.2. The third-order valence-corrected chi connectivity index (χ3v) is 4.28. The number of hydrogen-bond donors (Lipinski definition) is 1. The standard InChI is InChI=1S/C19H24N2O2/c22-19(21-13-7-2-1-3-8-14-21)20-15-17-11-12-18(23-17)16-9-5-4-6-10-16/h4-6,9-12H,1-3,7-8,13-15H2,(H,20,22). The predicted octanol–water partition coefficient (Wildman–Crippen LogP) is 4.42. The van der Waals surface area contributed by atoms with E-state index < -0.39 is 0 Å². The molecule has 0 saturated carbocycles. The molecule has 1 aromatic carbocycles. The number of carbonyl (C=O) groups is 1. The molecule has 1 saturated heterocycles. The lowest BCUT2D eigenvalue weighted by Crippen LogP contribution is -2.41. The number of hydrogen-bond acceptors (Lipinski definition) is 2. The smallest absolute Gasteiger partial charge is 0.317 e. The van der Waals surface area contributed by atoms with Crippen LogP contribution in [0.15, 0.2) is 46.9 Å². The molecular weight excluding hydrogens is 288 g/mol. The Morgan fingerprint density at radius 3 is 2.39 bits per heavy atom. The quantitative estimate of drug-likeness (QED) is 0.911. The van der Waals surface area contributed by atoms with Gasteiger partial charge in [-0.2, -0.15) is 0 Å². The Labute approximate surface area is 137 Å². The van der Waals surface area contributed by atoms with Crippen LogP contribution in [0.1, 0.15) is 37.9 Å². The molecule has 3 rings (SSSR count). The van der Waals surface area contributed by atoms with E-state index in [-0.39, 0.29) is 6.03 Å². The van der Waals surface area contributed by atoms with Crippen LogP contribution in [0.3, 0.4) is 0 Å². The van der Waals surface area contributed by atoms with E-state index in [2.05, 4.69) is 5.32 Å². The van der Waals surface area contributed by atoms with Gasteiger partial charge in [0.2, 0.25) is 0 Å². The van der Waals surface area contributed by atoms with Gasteiger partial charge in [0.05, 0.1) is 6.54 Å². The Morgan fingerprint density at radius 1 is 0.957 bits per heavy atom. The maximum absolute atomic E-state index is 12.3. The highest BCUT2D eigenvalue weighted by atomic mass is 16.3. The molecule has 1 aliphatic rings. The number of nitrogens with one attached hydrogen (secondary N) is 1. The van der Waals surface area contributed by atoms with Crippen LogP contribution in [-0.4, -0.2) is 24.0 Å². The number of amides is 2. The predicted molar refractivity (Wildman–Crippen MR) is 91.0 cm³/mol. The molecule has 0 bridgehead atoms. The molecule has 1 aliphatic heterocycles. The molecule has 0 radical (unpaired) electrons. The summed E-state index contributed by atoms with van der Waals surface area (Å²) in [5.74, 6) is 1.62. The zero-order chi connectivity index (χ0) is 15.9. The molecule has 0 spiro atoms. The molecule has 2 amide bonds. The Kier molecular flexibility index (Phi) is 5.35. The fourth-order valence-corrected chi connectivity index (χ4v) is 2.96. The van der Waals surface area contributed by atoms with Gasteiger partial charge in [-0.3, -0.25) is 0 Å². The van der Waals surface area contributed by atoms with Crippen LogP contribution >= 0.6 is 0 Å². The van der Waals surface area contributed by atoms with Crippen LogP contribution in [0.4, 0.5) is 4.79 Å². The highest BCUT2D eigenvalue weighted by Crippen LogP contribution is 2.21. The van der Waals surface area contributed by atoms with Crippen molar-refractivity contribution in [1.29, 1.82) is 0 Å². The van der Waals surface area contributed by atoms with Gasteiger partial charge in [0.15, 0.2) is 0 Å². The van der Waals surface area contributed by atoms with Gasteiger partial charge in [-0.1, -0.05) is 49.6 Å². The van der Waals surface area contributed by atoms with Crippen molar-refractivity contribution in [2.75, 3.05) is 13.1 Å². The lowest BCUT2D eigenvalue weighted by molar-refractivity contribution is 0.191. The second-order valence-corrected chi connectivity index (χ2v) is 6.05. The summed E-state index contributed by atoms with van der Waals surface area (Å²) in [6.45, 7) is 2.15. The maximum Gasteiger partial charge on any atom is 0.317 e. The Balaban J connectivity index is 1.53. The maximum atomic E-state index is 12.3. The highest BCUT2D eigenvalue weighted by molar-refractivity contribution is 5.74. The lowest BCUT2D eigenvalue weighted by Gasteiger charge is -2.24. The number of urea groups is 1. The van der Waals surface area contributed by atoms with Crippen LogP contribution in [0.5, 0.6) is 0 Å². The number of nitrogens with zero attached hydrogens (tertiary/aromatic N) is 1. The number of carbonyl (C=O) groups excluding carboxylic acids is 1. The largest absolute Gasteiger partial charge is 0.459 e. The summed E-state index contributed by atoms with van der Waals surface area (Å²) in [5.41, 5.74) is 1.05. The van der Waals surface area contributed by atoms with Gasteiger partial charge in [-0.15, -0.1) is 0 Å². The third kappa shape index (κ3) is 4.38. The van der Waals surface area contributed by atoms with Gasteiger partial charge in [0.1, 0.15) is 11.5 Å². The summed E-state index contributed by atoms with van der Waals surface area (Å²) >= 11 is 0. The monoisotopic (exact) mass is 312 g/mol. The molecule has 23 heavy (non-hydrogen) atoms.